The van der Waals surface area contributed by atoms with Gasteiger partial charge >= 0.3 is 0 Å². The maximum Gasteiger partial charge on any atom is 0.0773 e. The van der Waals surface area contributed by atoms with Crippen molar-refractivity contribution in [3.8, 4) is 22.3 Å². The highest BCUT2D eigenvalue weighted by atomic mass is 32.2. The first kappa shape index (κ1) is 34.7. The SMILES string of the molecule is CC1c2c(sc3ccccc23)C(c2ccc(C3Nc4ccccc4-c4cc5c(cc43)C3(c4ccccc4Sc4ccccc43)c3ccccc3-5)cc2)N[C@H]1c1ccccc1. The van der Waals surface area contributed by atoms with E-state index in [1.165, 1.54) is 103 Å². The topological polar surface area (TPSA) is 24.1 Å². The fraction of sp³-hybridized carbons (Fsp3) is 0.107. The largest absolute Gasteiger partial charge is 0.374 e. The molecule has 1 spiro atoms. The number of fused-ring (bicyclic) bond motifs is 15. The van der Waals surface area contributed by atoms with Crippen LogP contribution in [0.15, 0.2) is 198 Å². The summed E-state index contributed by atoms with van der Waals surface area (Å²) >= 11 is 3.85. The molecule has 3 unspecified atom stereocenters. The van der Waals surface area contributed by atoms with Gasteiger partial charge in [0.2, 0.25) is 0 Å². The van der Waals surface area contributed by atoms with Crippen LogP contribution in [0.4, 0.5) is 5.69 Å². The molecule has 286 valence electrons. The third-order valence-electron chi connectivity index (χ3n) is 13.8. The van der Waals surface area contributed by atoms with Crippen LogP contribution in [-0.2, 0) is 5.41 Å². The van der Waals surface area contributed by atoms with E-state index in [4.69, 9.17) is 0 Å². The Balaban J connectivity index is 0.982. The lowest BCUT2D eigenvalue weighted by atomic mass is 9.66. The van der Waals surface area contributed by atoms with Gasteiger partial charge in [-0.05, 0) is 102 Å². The van der Waals surface area contributed by atoms with Crippen LogP contribution in [0.25, 0.3) is 32.3 Å². The standard InChI is InChI=1S/C56H40N2S2/c1-33-51-39-19-7-12-24-48(39)60-55(51)54(58-52(33)34-15-3-2-4-16-34)36-29-27-35(28-30-36)53-42-32-46-41(31-40(42)38-18-6-11-23-47(38)57-53)37-17-5-8-20-43(37)56(46)44-21-9-13-25-49(44)59-50-26-14-10-22-45(50)56/h2-33,52-54,57-58H,1H3/t33?,52-,53?,54?/m1/s1. The molecule has 0 amide bonds. The zero-order chi connectivity index (χ0) is 39.5. The molecule has 3 aliphatic heterocycles. The van der Waals surface area contributed by atoms with Crippen molar-refractivity contribution in [1.82, 2.24) is 5.32 Å². The van der Waals surface area contributed by atoms with Crippen molar-refractivity contribution in [3.05, 3.63) is 243 Å². The molecular formula is C56H40N2S2. The van der Waals surface area contributed by atoms with Crippen molar-refractivity contribution < 1.29 is 0 Å². The maximum absolute atomic E-state index is 4.16. The second-order valence-corrected chi connectivity index (χ2v) is 19.0. The minimum Gasteiger partial charge on any atom is -0.374 e. The van der Waals surface area contributed by atoms with E-state index >= 15 is 0 Å². The van der Waals surface area contributed by atoms with E-state index in [-0.39, 0.29) is 18.1 Å². The van der Waals surface area contributed by atoms with Crippen LogP contribution in [0.5, 0.6) is 0 Å². The molecule has 13 rings (SSSR count). The molecule has 9 aromatic rings. The number of benzene rings is 8. The Morgan fingerprint density at radius 3 is 1.87 bits per heavy atom. The van der Waals surface area contributed by atoms with Crippen LogP contribution in [0.3, 0.4) is 0 Å². The molecule has 0 saturated carbocycles. The summed E-state index contributed by atoms with van der Waals surface area (Å²) in [6.07, 6.45) is 0. The van der Waals surface area contributed by atoms with Crippen molar-refractivity contribution in [2.75, 3.05) is 5.32 Å². The molecule has 2 N–H and O–H groups in total. The summed E-state index contributed by atoms with van der Waals surface area (Å²) in [5, 5.41) is 9.61. The van der Waals surface area contributed by atoms with E-state index in [1.54, 1.807) is 0 Å². The first-order valence-electron chi connectivity index (χ1n) is 21.1. The van der Waals surface area contributed by atoms with E-state index in [0.29, 0.717) is 5.92 Å². The molecule has 4 heterocycles. The fourth-order valence-electron chi connectivity index (χ4n) is 11.2. The molecule has 0 fully saturated rings. The van der Waals surface area contributed by atoms with Gasteiger partial charge < -0.3 is 5.32 Å². The van der Waals surface area contributed by atoms with Crippen LogP contribution < -0.4 is 10.6 Å². The van der Waals surface area contributed by atoms with Gasteiger partial charge in [0, 0.05) is 42.6 Å². The lowest BCUT2D eigenvalue weighted by molar-refractivity contribution is 0.405. The van der Waals surface area contributed by atoms with Crippen molar-refractivity contribution >= 4 is 38.9 Å². The molecule has 4 atom stereocenters. The Labute approximate surface area is 359 Å². The Bertz CT molecular complexity index is 3140. The Kier molecular flexibility index (Phi) is 7.61. The monoisotopic (exact) mass is 804 g/mol. The zero-order valence-corrected chi connectivity index (χ0v) is 34.7. The summed E-state index contributed by atoms with van der Waals surface area (Å²) in [5.74, 6) is 0.343. The molecule has 1 aromatic heterocycles. The summed E-state index contributed by atoms with van der Waals surface area (Å²) in [4.78, 5) is 4.09. The van der Waals surface area contributed by atoms with Crippen molar-refractivity contribution in [2.24, 2.45) is 0 Å². The molecule has 60 heavy (non-hydrogen) atoms. The van der Waals surface area contributed by atoms with Gasteiger partial charge in [-0.3, -0.25) is 5.32 Å². The van der Waals surface area contributed by atoms with Gasteiger partial charge in [0.25, 0.3) is 0 Å². The summed E-state index contributed by atoms with van der Waals surface area (Å²) < 4.78 is 1.36. The predicted octanol–water partition coefficient (Wildman–Crippen LogP) is 14.4. The molecular weight excluding hydrogens is 765 g/mol. The Morgan fingerprint density at radius 2 is 1.10 bits per heavy atom. The first-order valence-corrected chi connectivity index (χ1v) is 22.7. The number of hydrogen-bond donors (Lipinski definition) is 2. The molecule has 4 aliphatic rings. The van der Waals surface area contributed by atoms with E-state index in [1.807, 2.05) is 23.1 Å². The molecule has 2 nitrogen and oxygen atoms in total. The molecule has 4 heteroatoms. The molecule has 0 bridgehead atoms. The summed E-state index contributed by atoms with van der Waals surface area (Å²) in [6, 6.07) is 71.1. The van der Waals surface area contributed by atoms with Crippen molar-refractivity contribution in [3.63, 3.8) is 0 Å². The maximum atomic E-state index is 4.16. The highest BCUT2D eigenvalue weighted by Gasteiger charge is 2.51. The number of hydrogen-bond acceptors (Lipinski definition) is 4. The van der Waals surface area contributed by atoms with E-state index < -0.39 is 5.41 Å². The Morgan fingerprint density at radius 1 is 0.483 bits per heavy atom. The number of anilines is 1. The van der Waals surface area contributed by atoms with E-state index in [9.17, 15) is 0 Å². The van der Waals surface area contributed by atoms with Gasteiger partial charge in [-0.2, -0.15) is 0 Å². The van der Waals surface area contributed by atoms with Crippen LogP contribution in [0, 0.1) is 0 Å². The van der Waals surface area contributed by atoms with Crippen LogP contribution in [-0.4, -0.2) is 0 Å². The van der Waals surface area contributed by atoms with Crippen LogP contribution >= 0.6 is 23.1 Å². The van der Waals surface area contributed by atoms with E-state index in [2.05, 4.69) is 206 Å². The molecule has 0 saturated heterocycles. The third kappa shape index (κ3) is 4.81. The van der Waals surface area contributed by atoms with Gasteiger partial charge in [-0.1, -0.05) is 176 Å². The normalized spacial score (nSPS) is 19.9. The lowest BCUT2D eigenvalue weighted by Gasteiger charge is -2.40. The molecule has 1 aliphatic carbocycles. The summed E-state index contributed by atoms with van der Waals surface area (Å²) in [5.41, 5.74) is 18.2. The zero-order valence-electron chi connectivity index (χ0n) is 33.0. The highest BCUT2D eigenvalue weighted by Crippen LogP contribution is 2.63. The quantitative estimate of drug-likeness (QED) is 0.186. The van der Waals surface area contributed by atoms with Crippen molar-refractivity contribution in [2.45, 2.75) is 46.2 Å². The minimum atomic E-state index is -0.425. The summed E-state index contributed by atoms with van der Waals surface area (Å²) in [7, 11) is 0. The lowest BCUT2D eigenvalue weighted by Crippen LogP contribution is -2.35. The van der Waals surface area contributed by atoms with Gasteiger partial charge in [0.05, 0.1) is 17.5 Å². The number of para-hydroxylation sites is 1. The predicted molar refractivity (Wildman–Crippen MR) is 250 cm³/mol. The Hall–Kier alpha value is -6.17. The highest BCUT2D eigenvalue weighted by molar-refractivity contribution is 7.99. The number of thiophene rings is 1. The molecule has 0 radical (unpaired) electrons. The second kappa shape index (κ2) is 13.2. The van der Waals surface area contributed by atoms with Crippen LogP contribution in [0.1, 0.15) is 85.9 Å². The average molecular weight is 805 g/mol. The minimum absolute atomic E-state index is 0.0326. The molecule has 8 aromatic carbocycles. The number of rotatable bonds is 3. The first-order chi connectivity index (χ1) is 29.7. The fourth-order valence-corrected chi connectivity index (χ4v) is 13.8. The van der Waals surface area contributed by atoms with Crippen molar-refractivity contribution in [1.29, 1.82) is 0 Å². The van der Waals surface area contributed by atoms with Crippen LogP contribution in [0.2, 0.25) is 0 Å². The summed E-state index contributed by atoms with van der Waals surface area (Å²) in [6.45, 7) is 2.40. The van der Waals surface area contributed by atoms with Gasteiger partial charge in [-0.25, -0.2) is 0 Å². The average Bonchev–Trinajstić information content (AvgIpc) is 3.83. The second-order valence-electron chi connectivity index (χ2n) is 16.8. The number of nitrogens with one attached hydrogen (secondary N) is 2. The van der Waals surface area contributed by atoms with Gasteiger partial charge in [0.15, 0.2) is 0 Å². The smallest absolute Gasteiger partial charge is 0.0773 e. The van der Waals surface area contributed by atoms with E-state index in [0.717, 1.165) is 0 Å². The van der Waals surface area contributed by atoms with Gasteiger partial charge in [0.1, 0.15) is 0 Å². The third-order valence-corrected chi connectivity index (χ3v) is 16.2. The van der Waals surface area contributed by atoms with Gasteiger partial charge in [-0.15, -0.1) is 11.3 Å².